The van der Waals surface area contributed by atoms with Gasteiger partial charge >= 0.3 is 6.03 Å². The van der Waals surface area contributed by atoms with Gasteiger partial charge in [0.05, 0.1) is 12.1 Å². The van der Waals surface area contributed by atoms with Gasteiger partial charge in [0.15, 0.2) is 0 Å². The summed E-state index contributed by atoms with van der Waals surface area (Å²) < 4.78 is 11.0. The number of thioether (sulfide) groups is 1. The molecule has 1 aromatic rings. The van der Waals surface area contributed by atoms with Crippen LogP contribution in [-0.2, 0) is 4.74 Å². The summed E-state index contributed by atoms with van der Waals surface area (Å²) in [5, 5.41) is 5.65. The molecule has 0 unspecified atom stereocenters. The van der Waals surface area contributed by atoms with Crippen molar-refractivity contribution >= 4 is 17.8 Å². The lowest BCUT2D eigenvalue weighted by atomic mass is 10.0. The second kappa shape index (κ2) is 8.14. The van der Waals surface area contributed by atoms with E-state index in [9.17, 15) is 4.79 Å². The highest BCUT2D eigenvalue weighted by Crippen LogP contribution is 2.30. The van der Waals surface area contributed by atoms with Gasteiger partial charge in [0.1, 0.15) is 12.4 Å². The molecular formula is C15H22N2O3S. The molecule has 1 aliphatic rings. The second-order valence-electron chi connectivity index (χ2n) is 4.96. The minimum atomic E-state index is -0.206. The Morgan fingerprint density at radius 2 is 2.14 bits per heavy atom. The predicted molar refractivity (Wildman–Crippen MR) is 85.0 cm³/mol. The summed E-state index contributed by atoms with van der Waals surface area (Å²) in [6.07, 6.45) is 0.978. The van der Waals surface area contributed by atoms with Crippen molar-refractivity contribution in [1.29, 1.82) is 0 Å². The Balaban J connectivity index is 1.59. The molecule has 2 rings (SSSR count). The van der Waals surface area contributed by atoms with Crippen LogP contribution >= 0.6 is 11.8 Å². The quantitative estimate of drug-likeness (QED) is 0.755. The zero-order valence-electron chi connectivity index (χ0n) is 12.3. The molecule has 6 heteroatoms. The summed E-state index contributed by atoms with van der Waals surface area (Å²) in [4.78, 5) is 11.7. The molecule has 2 amide bonds. The second-order valence-corrected chi connectivity index (χ2v) is 6.07. The van der Waals surface area contributed by atoms with E-state index in [2.05, 4.69) is 10.6 Å². The van der Waals surface area contributed by atoms with E-state index in [4.69, 9.17) is 9.47 Å². The van der Waals surface area contributed by atoms with Gasteiger partial charge in [0.25, 0.3) is 0 Å². The molecule has 1 heterocycles. The van der Waals surface area contributed by atoms with Crippen molar-refractivity contribution in [2.24, 2.45) is 0 Å². The smallest absolute Gasteiger partial charge is 0.315 e. The zero-order chi connectivity index (χ0) is 15.0. The summed E-state index contributed by atoms with van der Waals surface area (Å²) in [7, 11) is 1.71. The first kappa shape index (κ1) is 16.0. The molecule has 1 saturated heterocycles. The summed E-state index contributed by atoms with van der Waals surface area (Å²) >= 11 is 1.86. The topological polar surface area (TPSA) is 59.6 Å². The van der Waals surface area contributed by atoms with Crippen LogP contribution in [0, 0.1) is 0 Å². The molecule has 1 aromatic carbocycles. The van der Waals surface area contributed by atoms with E-state index in [-0.39, 0.29) is 11.6 Å². The Morgan fingerprint density at radius 3 is 2.81 bits per heavy atom. The number of hydrogen-bond acceptors (Lipinski definition) is 4. The number of ether oxygens (including phenoxy) is 2. The average Bonchev–Trinajstić information content (AvgIpc) is 3.00. The Kier molecular flexibility index (Phi) is 6.20. The van der Waals surface area contributed by atoms with Crippen LogP contribution in [0.4, 0.5) is 4.79 Å². The molecule has 5 nitrogen and oxygen atoms in total. The van der Waals surface area contributed by atoms with Gasteiger partial charge in [0.2, 0.25) is 0 Å². The molecule has 0 aromatic heterocycles. The first-order valence-corrected chi connectivity index (χ1v) is 8.22. The molecule has 0 saturated carbocycles. The maximum absolute atomic E-state index is 11.7. The van der Waals surface area contributed by atoms with Crippen molar-refractivity contribution in [1.82, 2.24) is 10.6 Å². The van der Waals surface area contributed by atoms with Gasteiger partial charge < -0.3 is 20.1 Å². The van der Waals surface area contributed by atoms with Crippen molar-refractivity contribution in [2.45, 2.75) is 12.0 Å². The fourth-order valence-electron chi connectivity index (χ4n) is 2.12. The van der Waals surface area contributed by atoms with E-state index >= 15 is 0 Å². The molecule has 0 aliphatic carbocycles. The fraction of sp³-hybridized carbons (Fsp3) is 0.533. The Bertz CT molecular complexity index is 436. The minimum Gasteiger partial charge on any atom is -0.492 e. The van der Waals surface area contributed by atoms with Gasteiger partial charge in [-0.2, -0.15) is 11.8 Å². The summed E-state index contributed by atoms with van der Waals surface area (Å²) in [6, 6.07) is 9.37. The number of hydrogen-bond donors (Lipinski definition) is 2. The van der Waals surface area contributed by atoms with Crippen molar-refractivity contribution in [3.05, 3.63) is 30.3 Å². The van der Waals surface area contributed by atoms with Crippen molar-refractivity contribution in [3.8, 4) is 5.75 Å². The van der Waals surface area contributed by atoms with Gasteiger partial charge in [-0.15, -0.1) is 0 Å². The van der Waals surface area contributed by atoms with Crippen molar-refractivity contribution < 1.29 is 14.3 Å². The van der Waals surface area contributed by atoms with Gasteiger partial charge in [-0.25, -0.2) is 4.79 Å². The molecule has 1 atom stereocenters. The van der Waals surface area contributed by atoms with Gasteiger partial charge in [0, 0.05) is 19.4 Å². The SMILES string of the molecule is CO[C@]1(CNC(=O)NCCOc2ccccc2)CCSC1. The molecule has 1 fully saturated rings. The average molecular weight is 310 g/mol. The highest BCUT2D eigenvalue weighted by atomic mass is 32.2. The largest absolute Gasteiger partial charge is 0.492 e. The van der Waals surface area contributed by atoms with E-state index in [1.165, 1.54) is 0 Å². The van der Waals surface area contributed by atoms with E-state index in [1.807, 2.05) is 42.1 Å². The standard InChI is InChI=1S/C15H22N2O3S/c1-19-15(7-10-21-12-15)11-17-14(18)16-8-9-20-13-5-3-2-4-6-13/h2-6H,7-12H2,1H3,(H2,16,17,18)/t15-/m0/s1. The number of amides is 2. The third kappa shape index (κ3) is 5.13. The first-order chi connectivity index (χ1) is 10.2. The van der Waals surface area contributed by atoms with Gasteiger partial charge in [-0.1, -0.05) is 18.2 Å². The molecule has 1 aliphatic heterocycles. The van der Waals surface area contributed by atoms with E-state index in [0.29, 0.717) is 19.7 Å². The van der Waals surface area contributed by atoms with E-state index < -0.39 is 0 Å². The Morgan fingerprint density at radius 1 is 1.33 bits per heavy atom. The van der Waals surface area contributed by atoms with Gasteiger partial charge in [-0.05, 0) is 24.3 Å². The lowest BCUT2D eigenvalue weighted by Gasteiger charge is -2.26. The number of nitrogens with one attached hydrogen (secondary N) is 2. The molecular weight excluding hydrogens is 288 g/mol. The van der Waals surface area contributed by atoms with Crippen LogP contribution in [0.1, 0.15) is 6.42 Å². The predicted octanol–water partition coefficient (Wildman–Crippen LogP) is 1.89. The van der Waals surface area contributed by atoms with Crippen molar-refractivity contribution in [2.75, 3.05) is 38.3 Å². The van der Waals surface area contributed by atoms with Crippen LogP contribution in [0.15, 0.2) is 30.3 Å². The minimum absolute atomic E-state index is 0.181. The summed E-state index contributed by atoms with van der Waals surface area (Å²) in [5.74, 6) is 2.82. The first-order valence-electron chi connectivity index (χ1n) is 7.07. The molecule has 116 valence electrons. The number of urea groups is 1. The highest BCUT2D eigenvalue weighted by molar-refractivity contribution is 7.99. The highest BCUT2D eigenvalue weighted by Gasteiger charge is 2.34. The number of benzene rings is 1. The number of para-hydroxylation sites is 1. The van der Waals surface area contributed by atoms with Crippen LogP contribution in [0.2, 0.25) is 0 Å². The van der Waals surface area contributed by atoms with Crippen LogP contribution < -0.4 is 15.4 Å². The molecule has 21 heavy (non-hydrogen) atoms. The summed E-state index contributed by atoms with van der Waals surface area (Å²) in [6.45, 7) is 1.46. The summed E-state index contributed by atoms with van der Waals surface area (Å²) in [5.41, 5.74) is -0.206. The maximum Gasteiger partial charge on any atom is 0.315 e. The van der Waals surface area contributed by atoms with Crippen LogP contribution in [0.5, 0.6) is 5.75 Å². The third-order valence-electron chi connectivity index (χ3n) is 3.47. The normalized spacial score (nSPS) is 21.0. The third-order valence-corrected chi connectivity index (χ3v) is 4.69. The van der Waals surface area contributed by atoms with Gasteiger partial charge in [-0.3, -0.25) is 0 Å². The fourth-order valence-corrected chi connectivity index (χ4v) is 3.51. The van der Waals surface area contributed by atoms with E-state index in [0.717, 1.165) is 23.7 Å². The lowest BCUT2D eigenvalue weighted by molar-refractivity contribution is 0.0157. The molecule has 0 radical (unpaired) electrons. The van der Waals surface area contributed by atoms with Crippen LogP contribution in [0.3, 0.4) is 0 Å². The lowest BCUT2D eigenvalue weighted by Crippen LogP contribution is -2.48. The number of carbonyl (C=O) groups excluding carboxylic acids is 1. The number of carbonyl (C=O) groups is 1. The molecule has 2 N–H and O–H groups in total. The zero-order valence-corrected chi connectivity index (χ0v) is 13.1. The maximum atomic E-state index is 11.7. The monoisotopic (exact) mass is 310 g/mol. The Labute approximate surface area is 129 Å². The molecule has 0 bridgehead atoms. The number of rotatable bonds is 7. The van der Waals surface area contributed by atoms with E-state index in [1.54, 1.807) is 7.11 Å². The van der Waals surface area contributed by atoms with Crippen LogP contribution in [0.25, 0.3) is 0 Å². The van der Waals surface area contributed by atoms with Crippen molar-refractivity contribution in [3.63, 3.8) is 0 Å². The Hall–Kier alpha value is -1.40. The number of methoxy groups -OCH3 is 1. The van der Waals surface area contributed by atoms with Crippen LogP contribution in [-0.4, -0.2) is 49.9 Å². The molecule has 0 spiro atoms.